The molecule has 0 saturated heterocycles. The smallest absolute Gasteiger partial charge is 0.230 e. The topological polar surface area (TPSA) is 38.9 Å². The predicted molar refractivity (Wildman–Crippen MR) is 75.5 cm³/mol. The van der Waals surface area contributed by atoms with Crippen LogP contribution in [-0.2, 0) is 6.42 Å². The van der Waals surface area contributed by atoms with Gasteiger partial charge in [0.05, 0.1) is 21.3 Å². The lowest BCUT2D eigenvalue weighted by Crippen LogP contribution is -1.88. The maximum atomic E-state index is 5.95. The highest BCUT2D eigenvalue weighted by molar-refractivity contribution is 9.09. The van der Waals surface area contributed by atoms with Gasteiger partial charge in [-0.3, -0.25) is 0 Å². The molecule has 0 amide bonds. The van der Waals surface area contributed by atoms with Crippen LogP contribution in [0.2, 0.25) is 10.0 Å². The Labute approximate surface area is 124 Å². The molecule has 3 nitrogen and oxygen atoms in total. The zero-order valence-electron chi connectivity index (χ0n) is 9.66. The van der Waals surface area contributed by atoms with Crippen LogP contribution in [0.15, 0.2) is 22.6 Å². The van der Waals surface area contributed by atoms with Gasteiger partial charge in [-0.1, -0.05) is 52.1 Å². The predicted octanol–water partition coefficient (Wildman–Crippen LogP) is 4.81. The molecule has 2 aromatic rings. The van der Waals surface area contributed by atoms with Crippen LogP contribution in [0.4, 0.5) is 0 Å². The third kappa shape index (κ3) is 3.25. The van der Waals surface area contributed by atoms with E-state index < -0.39 is 0 Å². The van der Waals surface area contributed by atoms with E-state index in [-0.39, 0.29) is 4.83 Å². The molecule has 0 aliphatic heterocycles. The molecule has 1 aromatic heterocycles. The summed E-state index contributed by atoms with van der Waals surface area (Å²) in [6.07, 6.45) is 1.45. The fraction of sp³-hybridized carbons (Fsp3) is 0.333. The van der Waals surface area contributed by atoms with Gasteiger partial charge >= 0.3 is 0 Å². The van der Waals surface area contributed by atoms with E-state index in [0.717, 1.165) is 12.0 Å². The van der Waals surface area contributed by atoms with Gasteiger partial charge in [0.25, 0.3) is 0 Å². The molecule has 0 spiro atoms. The van der Waals surface area contributed by atoms with Crippen molar-refractivity contribution < 1.29 is 4.42 Å². The van der Waals surface area contributed by atoms with Crippen molar-refractivity contribution in [1.29, 1.82) is 0 Å². The van der Waals surface area contributed by atoms with Crippen molar-refractivity contribution in [2.45, 2.75) is 24.6 Å². The Balaban J connectivity index is 2.13. The van der Waals surface area contributed by atoms with Crippen LogP contribution in [0.3, 0.4) is 0 Å². The van der Waals surface area contributed by atoms with Crippen molar-refractivity contribution in [3.63, 3.8) is 0 Å². The highest BCUT2D eigenvalue weighted by atomic mass is 79.9. The van der Waals surface area contributed by atoms with Crippen molar-refractivity contribution in [2.75, 3.05) is 0 Å². The quantitative estimate of drug-likeness (QED) is 0.743. The minimum Gasteiger partial charge on any atom is -0.424 e. The van der Waals surface area contributed by atoms with Gasteiger partial charge < -0.3 is 4.42 Å². The minimum atomic E-state index is 0.104. The number of nitrogens with zero attached hydrogens (tertiary/aromatic N) is 2. The summed E-state index contributed by atoms with van der Waals surface area (Å²) in [5, 5.41) is 9.08. The van der Waals surface area contributed by atoms with Gasteiger partial charge in [0.2, 0.25) is 11.8 Å². The van der Waals surface area contributed by atoms with Crippen molar-refractivity contribution in [2.24, 2.45) is 0 Å². The molecule has 1 unspecified atom stereocenters. The minimum absolute atomic E-state index is 0.104. The molecule has 2 rings (SSSR count). The third-order valence-electron chi connectivity index (χ3n) is 2.45. The fourth-order valence-electron chi connectivity index (χ4n) is 1.46. The van der Waals surface area contributed by atoms with Gasteiger partial charge in [-0.15, -0.1) is 10.2 Å². The number of hydrogen-bond acceptors (Lipinski definition) is 3. The summed E-state index contributed by atoms with van der Waals surface area (Å²) in [5.41, 5.74) is 0.988. The standard InChI is InChI=1S/C12H11BrCl2N2O/c1-2-8(13)12-17-16-11(18-12)6-7-3-4-9(14)10(15)5-7/h3-5,8H,2,6H2,1H3. The molecule has 0 aliphatic carbocycles. The summed E-state index contributed by atoms with van der Waals surface area (Å²) in [5.74, 6) is 1.17. The fourth-order valence-corrected chi connectivity index (χ4v) is 1.97. The Morgan fingerprint density at radius 1 is 1.28 bits per heavy atom. The monoisotopic (exact) mass is 348 g/mol. The van der Waals surface area contributed by atoms with E-state index in [0.29, 0.717) is 28.2 Å². The van der Waals surface area contributed by atoms with Gasteiger partial charge in [0, 0.05) is 0 Å². The van der Waals surface area contributed by atoms with Crippen molar-refractivity contribution in [3.05, 3.63) is 45.6 Å². The molecule has 18 heavy (non-hydrogen) atoms. The van der Waals surface area contributed by atoms with Crippen LogP contribution in [-0.4, -0.2) is 10.2 Å². The highest BCUT2D eigenvalue weighted by Crippen LogP contribution is 2.26. The molecule has 1 heterocycles. The lowest BCUT2D eigenvalue weighted by atomic mass is 10.1. The van der Waals surface area contributed by atoms with E-state index in [1.165, 1.54) is 0 Å². The van der Waals surface area contributed by atoms with Crippen molar-refractivity contribution >= 4 is 39.1 Å². The van der Waals surface area contributed by atoms with Crippen LogP contribution in [0.5, 0.6) is 0 Å². The first-order valence-electron chi connectivity index (χ1n) is 5.50. The zero-order valence-corrected chi connectivity index (χ0v) is 12.8. The van der Waals surface area contributed by atoms with E-state index in [1.807, 2.05) is 13.0 Å². The molecule has 0 N–H and O–H groups in total. The Morgan fingerprint density at radius 2 is 2.06 bits per heavy atom. The average Bonchev–Trinajstić information content (AvgIpc) is 2.81. The molecule has 96 valence electrons. The number of benzene rings is 1. The van der Waals surface area contributed by atoms with E-state index in [4.69, 9.17) is 27.6 Å². The Morgan fingerprint density at radius 3 is 2.72 bits per heavy atom. The van der Waals surface area contributed by atoms with Gasteiger partial charge in [-0.05, 0) is 24.1 Å². The molecule has 6 heteroatoms. The number of rotatable bonds is 4. The lowest BCUT2D eigenvalue weighted by molar-refractivity contribution is 0.454. The first-order valence-corrected chi connectivity index (χ1v) is 7.17. The van der Waals surface area contributed by atoms with Crippen molar-refractivity contribution in [1.82, 2.24) is 10.2 Å². The Kier molecular flexibility index (Phi) is 4.65. The van der Waals surface area contributed by atoms with Crippen LogP contribution in [0.25, 0.3) is 0 Å². The largest absolute Gasteiger partial charge is 0.424 e. The third-order valence-corrected chi connectivity index (χ3v) is 4.23. The number of hydrogen-bond donors (Lipinski definition) is 0. The number of aromatic nitrogens is 2. The van der Waals surface area contributed by atoms with E-state index in [2.05, 4.69) is 26.1 Å². The Hall–Kier alpha value is -0.580. The van der Waals surface area contributed by atoms with E-state index in [1.54, 1.807) is 12.1 Å². The molecule has 1 aromatic carbocycles. The second kappa shape index (κ2) is 6.04. The van der Waals surface area contributed by atoms with Gasteiger partial charge in [0.15, 0.2) is 0 Å². The molecular weight excluding hydrogens is 339 g/mol. The van der Waals surface area contributed by atoms with Crippen LogP contribution in [0, 0.1) is 0 Å². The summed E-state index contributed by atoms with van der Waals surface area (Å²) >= 11 is 15.3. The summed E-state index contributed by atoms with van der Waals surface area (Å²) in [6, 6.07) is 5.46. The molecule has 0 saturated carbocycles. The maximum Gasteiger partial charge on any atom is 0.230 e. The summed E-state index contributed by atoms with van der Waals surface area (Å²) in [7, 11) is 0. The zero-order chi connectivity index (χ0) is 13.1. The first kappa shape index (κ1) is 13.8. The Bertz CT molecular complexity index is 545. The summed E-state index contributed by atoms with van der Waals surface area (Å²) < 4.78 is 5.57. The lowest BCUT2D eigenvalue weighted by Gasteiger charge is -2.00. The summed E-state index contributed by atoms with van der Waals surface area (Å²) in [6.45, 7) is 2.04. The molecule has 0 radical (unpaired) electrons. The maximum absolute atomic E-state index is 5.95. The van der Waals surface area contributed by atoms with Gasteiger partial charge in [-0.2, -0.15) is 0 Å². The van der Waals surface area contributed by atoms with Crippen LogP contribution >= 0.6 is 39.1 Å². The molecule has 0 fully saturated rings. The van der Waals surface area contributed by atoms with Crippen molar-refractivity contribution in [3.8, 4) is 0 Å². The van der Waals surface area contributed by atoms with E-state index in [9.17, 15) is 0 Å². The second-order valence-electron chi connectivity index (χ2n) is 3.84. The highest BCUT2D eigenvalue weighted by Gasteiger charge is 2.14. The summed E-state index contributed by atoms with van der Waals surface area (Å²) in [4.78, 5) is 0.104. The van der Waals surface area contributed by atoms with Crippen LogP contribution < -0.4 is 0 Å². The second-order valence-corrected chi connectivity index (χ2v) is 5.75. The first-order chi connectivity index (χ1) is 8.60. The van der Waals surface area contributed by atoms with Crippen LogP contribution in [0.1, 0.15) is 35.5 Å². The molecule has 0 aliphatic rings. The molecule has 0 bridgehead atoms. The normalized spacial score (nSPS) is 12.7. The van der Waals surface area contributed by atoms with Gasteiger partial charge in [-0.25, -0.2) is 0 Å². The molecule has 1 atom stereocenters. The number of halogens is 3. The van der Waals surface area contributed by atoms with Gasteiger partial charge in [0.1, 0.15) is 0 Å². The van der Waals surface area contributed by atoms with E-state index >= 15 is 0 Å². The SMILES string of the molecule is CCC(Br)c1nnc(Cc2ccc(Cl)c(Cl)c2)o1. The average molecular weight is 350 g/mol. The number of alkyl halides is 1. The molecular formula is C12H11BrCl2N2O.